The van der Waals surface area contributed by atoms with Gasteiger partial charge in [0, 0.05) is 6.42 Å². The maximum absolute atomic E-state index is 12.3. The molecular formula is C18H18N2O3S. The summed E-state index contributed by atoms with van der Waals surface area (Å²) in [4.78, 5) is 17.4. The molecule has 0 aliphatic heterocycles. The Morgan fingerprint density at radius 3 is 2.79 bits per heavy atom. The van der Waals surface area contributed by atoms with Crippen LogP contribution in [0, 0.1) is 6.92 Å². The van der Waals surface area contributed by atoms with Gasteiger partial charge < -0.3 is 14.8 Å². The molecule has 2 N–H and O–H groups in total. The van der Waals surface area contributed by atoms with E-state index in [1.165, 1.54) is 17.6 Å². The fourth-order valence-electron chi connectivity index (χ4n) is 2.36. The van der Waals surface area contributed by atoms with Gasteiger partial charge >= 0.3 is 0 Å². The number of aromatic nitrogens is 1. The van der Waals surface area contributed by atoms with E-state index in [1.54, 1.807) is 12.1 Å². The molecule has 6 heteroatoms. The molecule has 0 saturated carbocycles. The Balaban J connectivity index is 1.63. The Labute approximate surface area is 144 Å². The van der Waals surface area contributed by atoms with Crippen LogP contribution >= 0.6 is 11.3 Å². The summed E-state index contributed by atoms with van der Waals surface area (Å²) in [6.45, 7) is 1.92. The molecule has 0 aliphatic carbocycles. The normalized spacial score (nSPS) is 12.1. The molecule has 2 heterocycles. The van der Waals surface area contributed by atoms with Crippen LogP contribution < -0.4 is 5.32 Å². The van der Waals surface area contributed by atoms with Crippen LogP contribution in [0.15, 0.2) is 53.1 Å². The highest BCUT2D eigenvalue weighted by Gasteiger charge is 2.17. The summed E-state index contributed by atoms with van der Waals surface area (Å²) in [7, 11) is 0. The van der Waals surface area contributed by atoms with E-state index >= 15 is 0 Å². The molecule has 0 radical (unpaired) electrons. The second-order valence-electron chi connectivity index (χ2n) is 5.43. The summed E-state index contributed by atoms with van der Waals surface area (Å²) in [6, 6.07) is 13.4. The SMILES string of the molecule is Cc1nc(Cc2ccccc2)sc1C(=O)NCC(O)c1ccco1. The molecule has 1 unspecified atom stereocenters. The van der Waals surface area contributed by atoms with Crippen LogP contribution in [0.4, 0.5) is 0 Å². The number of benzene rings is 1. The largest absolute Gasteiger partial charge is 0.467 e. The highest BCUT2D eigenvalue weighted by Crippen LogP contribution is 2.21. The number of hydrogen-bond acceptors (Lipinski definition) is 5. The molecule has 1 aromatic carbocycles. The number of amides is 1. The van der Waals surface area contributed by atoms with Gasteiger partial charge in [-0.25, -0.2) is 4.98 Å². The lowest BCUT2D eigenvalue weighted by Gasteiger charge is -2.08. The van der Waals surface area contributed by atoms with Crippen molar-refractivity contribution in [1.82, 2.24) is 10.3 Å². The third-order valence-electron chi connectivity index (χ3n) is 3.57. The number of furan rings is 1. The molecule has 0 spiro atoms. The predicted molar refractivity (Wildman–Crippen MR) is 92.1 cm³/mol. The van der Waals surface area contributed by atoms with Crippen molar-refractivity contribution in [2.45, 2.75) is 19.4 Å². The van der Waals surface area contributed by atoms with Crippen molar-refractivity contribution < 1.29 is 14.3 Å². The predicted octanol–water partition coefficient (Wildman–Crippen LogP) is 3.10. The molecular weight excluding hydrogens is 324 g/mol. The van der Waals surface area contributed by atoms with Gasteiger partial charge in [-0.15, -0.1) is 11.3 Å². The second kappa shape index (κ2) is 7.42. The minimum atomic E-state index is -0.860. The van der Waals surface area contributed by atoms with Gasteiger partial charge in [0.1, 0.15) is 16.7 Å². The lowest BCUT2D eigenvalue weighted by Crippen LogP contribution is -2.28. The Bertz CT molecular complexity index is 797. The average molecular weight is 342 g/mol. The third-order valence-corrected chi connectivity index (χ3v) is 4.73. The summed E-state index contributed by atoms with van der Waals surface area (Å²) in [5, 5.41) is 13.6. The molecule has 0 fully saturated rings. The van der Waals surface area contributed by atoms with E-state index in [1.807, 2.05) is 37.3 Å². The number of nitrogens with one attached hydrogen (secondary N) is 1. The molecule has 0 aliphatic rings. The zero-order valence-electron chi connectivity index (χ0n) is 13.2. The standard InChI is InChI=1S/C18H18N2O3S/c1-12-17(18(22)19-11-14(21)15-8-5-9-23-15)24-16(20-12)10-13-6-3-2-4-7-13/h2-9,14,21H,10-11H2,1H3,(H,19,22). The number of hydrogen-bond donors (Lipinski definition) is 2. The van der Waals surface area contributed by atoms with Gasteiger partial charge in [0.25, 0.3) is 5.91 Å². The zero-order valence-corrected chi connectivity index (χ0v) is 14.0. The van der Waals surface area contributed by atoms with E-state index in [9.17, 15) is 9.90 Å². The van der Waals surface area contributed by atoms with E-state index in [2.05, 4.69) is 10.3 Å². The van der Waals surface area contributed by atoms with E-state index < -0.39 is 6.10 Å². The molecule has 3 aromatic rings. The number of aliphatic hydroxyl groups is 1. The summed E-state index contributed by atoms with van der Waals surface area (Å²) in [5.41, 5.74) is 1.86. The monoisotopic (exact) mass is 342 g/mol. The van der Waals surface area contributed by atoms with Crippen molar-refractivity contribution in [3.63, 3.8) is 0 Å². The highest BCUT2D eigenvalue weighted by atomic mass is 32.1. The fraction of sp³-hybridized carbons (Fsp3) is 0.222. The average Bonchev–Trinajstić information content (AvgIpc) is 3.23. The van der Waals surface area contributed by atoms with Crippen molar-refractivity contribution in [2.75, 3.05) is 6.54 Å². The fourth-order valence-corrected chi connectivity index (χ4v) is 3.38. The van der Waals surface area contributed by atoms with Gasteiger partial charge in [-0.05, 0) is 24.6 Å². The topological polar surface area (TPSA) is 75.4 Å². The molecule has 24 heavy (non-hydrogen) atoms. The maximum atomic E-state index is 12.3. The van der Waals surface area contributed by atoms with E-state index in [-0.39, 0.29) is 12.5 Å². The zero-order chi connectivity index (χ0) is 16.9. The molecule has 124 valence electrons. The number of aliphatic hydroxyl groups excluding tert-OH is 1. The Morgan fingerprint density at radius 1 is 1.29 bits per heavy atom. The second-order valence-corrected chi connectivity index (χ2v) is 6.51. The van der Waals surface area contributed by atoms with Crippen molar-refractivity contribution in [3.8, 4) is 0 Å². The first-order valence-corrected chi connectivity index (χ1v) is 8.45. The molecule has 1 amide bonds. The van der Waals surface area contributed by atoms with Crippen LogP contribution in [0.3, 0.4) is 0 Å². The number of carbonyl (C=O) groups is 1. The molecule has 2 aromatic heterocycles. The van der Waals surface area contributed by atoms with E-state index in [4.69, 9.17) is 4.42 Å². The first-order chi connectivity index (χ1) is 11.6. The number of nitrogens with zero attached hydrogens (tertiary/aromatic N) is 1. The summed E-state index contributed by atoms with van der Waals surface area (Å²) >= 11 is 1.38. The highest BCUT2D eigenvalue weighted by molar-refractivity contribution is 7.13. The van der Waals surface area contributed by atoms with Crippen LogP contribution in [0.1, 0.15) is 37.8 Å². The Hall–Kier alpha value is -2.44. The Kier molecular flexibility index (Phi) is 5.08. The lowest BCUT2D eigenvalue weighted by atomic mass is 10.2. The lowest BCUT2D eigenvalue weighted by molar-refractivity contribution is 0.0904. The maximum Gasteiger partial charge on any atom is 0.263 e. The van der Waals surface area contributed by atoms with Crippen LogP contribution in [-0.2, 0) is 6.42 Å². The van der Waals surface area contributed by atoms with Gasteiger partial charge in [-0.1, -0.05) is 30.3 Å². The van der Waals surface area contributed by atoms with Crippen molar-refractivity contribution in [2.24, 2.45) is 0 Å². The quantitative estimate of drug-likeness (QED) is 0.722. The molecule has 0 bridgehead atoms. The summed E-state index contributed by atoms with van der Waals surface area (Å²) in [5.74, 6) is 0.205. The summed E-state index contributed by atoms with van der Waals surface area (Å²) < 4.78 is 5.12. The number of rotatable bonds is 6. The molecule has 5 nitrogen and oxygen atoms in total. The molecule has 0 saturated heterocycles. The van der Waals surface area contributed by atoms with Crippen molar-refractivity contribution in [3.05, 3.63) is 75.6 Å². The van der Waals surface area contributed by atoms with Gasteiger partial charge in [-0.2, -0.15) is 0 Å². The number of carbonyl (C=O) groups excluding carboxylic acids is 1. The minimum absolute atomic E-state index is 0.0949. The van der Waals surface area contributed by atoms with Gasteiger partial charge in [0.2, 0.25) is 0 Å². The first-order valence-electron chi connectivity index (χ1n) is 7.63. The number of aryl methyl sites for hydroxylation is 1. The van der Waals surface area contributed by atoms with Crippen LogP contribution in [-0.4, -0.2) is 22.5 Å². The van der Waals surface area contributed by atoms with E-state index in [0.717, 1.165) is 10.6 Å². The smallest absolute Gasteiger partial charge is 0.263 e. The molecule has 1 atom stereocenters. The van der Waals surface area contributed by atoms with Crippen molar-refractivity contribution in [1.29, 1.82) is 0 Å². The van der Waals surface area contributed by atoms with E-state index in [0.29, 0.717) is 22.8 Å². The van der Waals surface area contributed by atoms with Gasteiger partial charge in [0.15, 0.2) is 0 Å². The minimum Gasteiger partial charge on any atom is -0.467 e. The first kappa shape index (κ1) is 16.4. The molecule has 3 rings (SSSR count). The Morgan fingerprint density at radius 2 is 2.08 bits per heavy atom. The van der Waals surface area contributed by atoms with Crippen LogP contribution in [0.5, 0.6) is 0 Å². The van der Waals surface area contributed by atoms with Gasteiger partial charge in [0.05, 0.1) is 23.5 Å². The number of thiazole rings is 1. The van der Waals surface area contributed by atoms with Gasteiger partial charge in [-0.3, -0.25) is 4.79 Å². The van der Waals surface area contributed by atoms with Crippen molar-refractivity contribution >= 4 is 17.2 Å². The third kappa shape index (κ3) is 3.90. The summed E-state index contributed by atoms with van der Waals surface area (Å²) in [6.07, 6.45) is 1.33. The van der Waals surface area contributed by atoms with Crippen LogP contribution in [0.2, 0.25) is 0 Å². The van der Waals surface area contributed by atoms with Crippen LogP contribution in [0.25, 0.3) is 0 Å².